The molecule has 43 heavy (non-hydrogen) atoms. The highest BCUT2D eigenvalue weighted by Gasteiger charge is 2.31. The van der Waals surface area contributed by atoms with Crippen LogP contribution in [0.15, 0.2) is 36.9 Å². The van der Waals surface area contributed by atoms with E-state index in [-0.39, 0.29) is 10.8 Å². The van der Waals surface area contributed by atoms with Crippen molar-refractivity contribution < 1.29 is 14.6 Å². The molecule has 1 N–H and O–H groups in total. The van der Waals surface area contributed by atoms with Crippen LogP contribution in [0.4, 0.5) is 0 Å². The molecular weight excluding hydrogens is 528 g/mol. The fraction of sp³-hybridized carbons (Fsp3) is 0.625. The van der Waals surface area contributed by atoms with E-state index >= 15 is 0 Å². The lowest BCUT2D eigenvalue weighted by Gasteiger charge is -2.34. The predicted molar refractivity (Wildman–Crippen MR) is 185 cm³/mol. The summed E-state index contributed by atoms with van der Waals surface area (Å²) in [7, 11) is 0. The Morgan fingerprint density at radius 2 is 1.21 bits per heavy atom. The van der Waals surface area contributed by atoms with Crippen molar-refractivity contribution in [3.8, 4) is 11.5 Å². The molecule has 3 nitrogen and oxygen atoms in total. The van der Waals surface area contributed by atoms with Crippen LogP contribution >= 0.6 is 0 Å². The quantitative estimate of drug-likeness (QED) is 0.107. The van der Waals surface area contributed by atoms with Crippen molar-refractivity contribution in [2.75, 3.05) is 0 Å². The number of aryl methyl sites for hydroxylation is 2. The Labute approximate surface area is 264 Å². The van der Waals surface area contributed by atoms with Crippen molar-refractivity contribution in [2.24, 2.45) is 11.8 Å². The second-order valence-corrected chi connectivity index (χ2v) is 14.1. The Balaban J connectivity index is 2.86. The van der Waals surface area contributed by atoms with E-state index in [1.807, 2.05) is 0 Å². The van der Waals surface area contributed by atoms with Gasteiger partial charge in [-0.25, -0.2) is 4.79 Å². The van der Waals surface area contributed by atoms with Gasteiger partial charge in [0.1, 0.15) is 11.5 Å². The van der Waals surface area contributed by atoms with Crippen molar-refractivity contribution in [1.29, 1.82) is 0 Å². The number of benzene rings is 2. The first-order chi connectivity index (χ1) is 20.3. The van der Waals surface area contributed by atoms with Crippen molar-refractivity contribution >= 4 is 5.97 Å². The molecule has 0 saturated heterocycles. The summed E-state index contributed by atoms with van der Waals surface area (Å²) in [5.41, 5.74) is 6.42. The highest BCUT2D eigenvalue weighted by atomic mass is 16.5. The van der Waals surface area contributed by atoms with Gasteiger partial charge in [-0.15, -0.1) is 0 Å². The number of hydrogen-bond donors (Lipinski definition) is 1. The molecule has 2 unspecified atom stereocenters. The van der Waals surface area contributed by atoms with Crippen LogP contribution in [0.25, 0.3) is 0 Å². The van der Waals surface area contributed by atoms with E-state index in [9.17, 15) is 9.90 Å². The van der Waals surface area contributed by atoms with E-state index in [0.717, 1.165) is 86.5 Å². The van der Waals surface area contributed by atoms with Gasteiger partial charge in [0.2, 0.25) is 0 Å². The van der Waals surface area contributed by atoms with Crippen LogP contribution in [0, 0.1) is 11.8 Å². The maximum Gasteiger partial charge on any atom is 0.335 e. The molecule has 2 aromatic carbocycles. The largest absolute Gasteiger partial charge is 0.507 e. The monoisotopic (exact) mass is 590 g/mol. The first kappa shape index (κ1) is 36.6. The van der Waals surface area contributed by atoms with Gasteiger partial charge in [0.25, 0.3) is 0 Å². The van der Waals surface area contributed by atoms with Gasteiger partial charge in [0, 0.05) is 18.1 Å². The van der Waals surface area contributed by atoms with Gasteiger partial charge in [0.05, 0.1) is 0 Å². The zero-order valence-corrected chi connectivity index (χ0v) is 29.3. The van der Waals surface area contributed by atoms with Gasteiger partial charge in [-0.3, -0.25) is 0 Å². The van der Waals surface area contributed by atoms with E-state index in [2.05, 4.69) is 100 Å². The van der Waals surface area contributed by atoms with Crippen LogP contribution in [-0.2, 0) is 34.9 Å². The summed E-state index contributed by atoms with van der Waals surface area (Å²) in [4.78, 5) is 12.7. The number of hydrogen-bond acceptors (Lipinski definition) is 3. The molecule has 0 fully saturated rings. The molecule has 0 aliphatic heterocycles. The number of phenolic OH excluding ortho intramolecular Hbond substituents is 1. The van der Waals surface area contributed by atoms with E-state index < -0.39 is 5.97 Å². The zero-order chi connectivity index (χ0) is 32.4. The molecule has 0 aromatic heterocycles. The maximum absolute atomic E-state index is 12.7. The minimum absolute atomic E-state index is 0.0384. The molecular formula is C40H62O3. The maximum atomic E-state index is 12.7. The standard InChI is InChI=1S/C40H62O3/c1-12-17-21-30-24-34(39(8,9)28(6)19-14-3)26-32(37(30)42)23-33-27-35(40(10,11)29(7)20-15-4)25-31(22-18-13-2)38(33)43-36(41)16-5/h16,24-29,42H,5,12-15,17-23H2,1-4,6-11H3. The number of phenols is 1. The zero-order valence-electron chi connectivity index (χ0n) is 29.3. The van der Waals surface area contributed by atoms with E-state index in [0.29, 0.717) is 29.8 Å². The number of unbranched alkanes of at least 4 members (excludes halogenated alkanes) is 2. The van der Waals surface area contributed by atoms with Crippen LogP contribution in [0.5, 0.6) is 11.5 Å². The number of esters is 1. The number of aromatic hydroxyl groups is 1. The molecule has 0 aliphatic rings. The highest BCUT2D eigenvalue weighted by Crippen LogP contribution is 2.42. The summed E-state index contributed by atoms with van der Waals surface area (Å²) in [5.74, 6) is 1.57. The molecule has 2 atom stereocenters. The summed E-state index contributed by atoms with van der Waals surface area (Å²) >= 11 is 0. The average Bonchev–Trinajstić information content (AvgIpc) is 2.97. The number of carbonyl (C=O) groups is 1. The molecule has 0 spiro atoms. The molecule has 0 bridgehead atoms. The second kappa shape index (κ2) is 16.5. The lowest BCUT2D eigenvalue weighted by atomic mass is 9.71. The fourth-order valence-corrected chi connectivity index (χ4v) is 6.27. The molecule has 2 aromatic rings. The van der Waals surface area contributed by atoms with E-state index in [4.69, 9.17) is 4.74 Å². The normalized spacial score (nSPS) is 13.5. The Hall–Kier alpha value is -2.55. The van der Waals surface area contributed by atoms with Crippen LogP contribution < -0.4 is 4.74 Å². The summed E-state index contributed by atoms with van der Waals surface area (Å²) in [6.45, 7) is 26.6. The van der Waals surface area contributed by atoms with Crippen LogP contribution in [0.3, 0.4) is 0 Å². The third kappa shape index (κ3) is 9.22. The fourth-order valence-electron chi connectivity index (χ4n) is 6.27. The third-order valence-electron chi connectivity index (χ3n) is 10.3. The Morgan fingerprint density at radius 1 is 0.767 bits per heavy atom. The van der Waals surface area contributed by atoms with Crippen molar-refractivity contribution in [3.05, 3.63) is 70.3 Å². The number of ether oxygens (including phenoxy) is 1. The molecule has 0 heterocycles. The molecule has 0 aliphatic carbocycles. The number of rotatable bonds is 18. The molecule has 240 valence electrons. The summed E-state index contributed by atoms with van der Waals surface area (Å²) in [6, 6.07) is 8.99. The Kier molecular flexibility index (Phi) is 14.1. The van der Waals surface area contributed by atoms with Gasteiger partial charge in [-0.2, -0.15) is 0 Å². The van der Waals surface area contributed by atoms with Crippen LogP contribution in [0.1, 0.15) is 154 Å². The first-order valence-corrected chi connectivity index (χ1v) is 17.1. The van der Waals surface area contributed by atoms with E-state index in [1.54, 1.807) is 0 Å². The minimum atomic E-state index is -0.443. The van der Waals surface area contributed by atoms with Gasteiger partial charge in [-0.05, 0) is 76.2 Å². The Morgan fingerprint density at radius 3 is 1.67 bits per heavy atom. The van der Waals surface area contributed by atoms with Gasteiger partial charge in [0.15, 0.2) is 0 Å². The molecule has 0 amide bonds. The summed E-state index contributed by atoms with van der Waals surface area (Å²) in [6.07, 6.45) is 12.2. The van der Waals surface area contributed by atoms with Gasteiger partial charge in [-0.1, -0.05) is 139 Å². The first-order valence-electron chi connectivity index (χ1n) is 17.1. The van der Waals surface area contributed by atoms with Crippen molar-refractivity contribution in [3.63, 3.8) is 0 Å². The minimum Gasteiger partial charge on any atom is -0.507 e. The molecule has 0 saturated carbocycles. The topological polar surface area (TPSA) is 46.5 Å². The van der Waals surface area contributed by atoms with Crippen molar-refractivity contribution in [1.82, 2.24) is 0 Å². The highest BCUT2D eigenvalue weighted by molar-refractivity contribution is 5.84. The predicted octanol–water partition coefficient (Wildman–Crippen LogP) is 11.2. The SMILES string of the molecule is C=CC(=O)Oc1c(CCCC)cc(C(C)(C)C(C)CCC)cc1Cc1cc(C(C)(C)C(C)CCC)cc(CCCC)c1O. The van der Waals surface area contributed by atoms with Crippen LogP contribution in [0.2, 0.25) is 0 Å². The lowest BCUT2D eigenvalue weighted by Crippen LogP contribution is -2.27. The average molecular weight is 591 g/mol. The van der Waals surface area contributed by atoms with Crippen LogP contribution in [-0.4, -0.2) is 11.1 Å². The summed E-state index contributed by atoms with van der Waals surface area (Å²) < 4.78 is 6.03. The Bertz CT molecular complexity index is 1200. The second-order valence-electron chi connectivity index (χ2n) is 14.1. The lowest BCUT2D eigenvalue weighted by molar-refractivity contribution is -0.129. The molecule has 3 heteroatoms. The van der Waals surface area contributed by atoms with E-state index in [1.165, 1.54) is 17.2 Å². The molecule has 0 radical (unpaired) electrons. The van der Waals surface area contributed by atoms with Gasteiger partial charge >= 0.3 is 5.97 Å². The van der Waals surface area contributed by atoms with Gasteiger partial charge < -0.3 is 9.84 Å². The third-order valence-corrected chi connectivity index (χ3v) is 10.3. The number of carbonyl (C=O) groups excluding carboxylic acids is 1. The summed E-state index contributed by atoms with van der Waals surface area (Å²) in [5, 5.41) is 11.7. The smallest absolute Gasteiger partial charge is 0.335 e. The molecule has 2 rings (SSSR count). The van der Waals surface area contributed by atoms with Crippen molar-refractivity contribution in [2.45, 2.75) is 151 Å².